The average Bonchev–Trinajstić information content (AvgIpc) is 2.79. The summed E-state index contributed by atoms with van der Waals surface area (Å²) in [6.07, 6.45) is 13.2. The smallest absolute Gasteiger partial charge is 0.324 e. The first-order valence-corrected chi connectivity index (χ1v) is 10.9. The number of nitrogens with zero attached hydrogens (tertiary/aromatic N) is 3. The van der Waals surface area contributed by atoms with Crippen molar-refractivity contribution in [1.82, 2.24) is 5.32 Å². The summed E-state index contributed by atoms with van der Waals surface area (Å²) in [5.74, 6) is -1.21. The van der Waals surface area contributed by atoms with Crippen LogP contribution in [0, 0.1) is 30.3 Å². The van der Waals surface area contributed by atoms with Crippen LogP contribution in [-0.2, 0) is 0 Å². The molecule has 0 spiro atoms. The Morgan fingerprint density at radius 2 is 1.42 bits per heavy atom. The van der Waals surface area contributed by atoms with Gasteiger partial charge >= 0.3 is 11.4 Å². The number of aromatic hydroxyl groups is 1. The number of phenols is 1. The molecule has 194 valence electrons. The van der Waals surface area contributed by atoms with Gasteiger partial charge in [-0.3, -0.25) is 30.3 Å². The highest BCUT2D eigenvalue weighted by atomic mass is 16.6. The van der Waals surface area contributed by atoms with Crippen molar-refractivity contribution < 1.29 is 25.0 Å². The van der Waals surface area contributed by atoms with Gasteiger partial charge in [-0.05, 0) is 37.7 Å². The van der Waals surface area contributed by atoms with Crippen LogP contribution in [0.3, 0.4) is 0 Å². The molecule has 0 saturated carbocycles. The van der Waals surface area contributed by atoms with Crippen molar-refractivity contribution in [1.29, 1.82) is 0 Å². The molecule has 1 aliphatic rings. The van der Waals surface area contributed by atoms with E-state index >= 15 is 0 Å². The highest BCUT2D eigenvalue weighted by molar-refractivity contribution is 5.64. The second-order valence-electron chi connectivity index (χ2n) is 8.04. The molecule has 0 aliphatic carbocycles. The molecule has 0 radical (unpaired) electrons. The van der Waals surface area contributed by atoms with E-state index in [1.807, 2.05) is 12.2 Å². The van der Waals surface area contributed by atoms with Gasteiger partial charge in [-0.1, -0.05) is 30.4 Å². The van der Waals surface area contributed by atoms with Gasteiger partial charge in [0.25, 0.3) is 11.4 Å². The molecule has 36 heavy (non-hydrogen) atoms. The molecule has 1 heterocycles. The van der Waals surface area contributed by atoms with Gasteiger partial charge in [0.2, 0.25) is 0 Å². The number of nitro benzene ring substituents is 3. The maximum atomic E-state index is 10.9. The Hall–Kier alpha value is -4.16. The van der Waals surface area contributed by atoms with E-state index in [0.29, 0.717) is 31.0 Å². The molecule has 3 N–H and O–H groups in total. The van der Waals surface area contributed by atoms with E-state index < -0.39 is 43.2 Å². The van der Waals surface area contributed by atoms with Crippen LogP contribution in [0.25, 0.3) is 0 Å². The number of hydrogen-bond donors (Lipinski definition) is 3. The van der Waals surface area contributed by atoms with Gasteiger partial charge in [0.1, 0.15) is 0 Å². The van der Waals surface area contributed by atoms with Gasteiger partial charge in [-0.2, -0.15) is 0 Å². The zero-order chi connectivity index (χ0) is 27.5. The van der Waals surface area contributed by atoms with Crippen LogP contribution < -0.4 is 5.32 Å². The number of non-ortho nitro benzene ring substituents is 1. The van der Waals surface area contributed by atoms with Crippen LogP contribution >= 0.6 is 0 Å². The number of rotatable bonds is 12. The first-order valence-electron chi connectivity index (χ1n) is 10.9. The Labute approximate surface area is 208 Å². The van der Waals surface area contributed by atoms with Gasteiger partial charge in [-0.15, -0.1) is 26.3 Å². The summed E-state index contributed by atoms with van der Waals surface area (Å²) < 4.78 is 0. The number of aliphatic hydroxyl groups is 1. The number of phenolic OH excluding ortho intramolecular Hbond substituents is 1. The fourth-order valence-electron chi connectivity index (χ4n) is 3.80. The van der Waals surface area contributed by atoms with Gasteiger partial charge in [0, 0.05) is 12.1 Å². The first kappa shape index (κ1) is 29.9. The zero-order valence-electron chi connectivity index (χ0n) is 19.7. The molecular weight excluding hydrogens is 472 g/mol. The van der Waals surface area contributed by atoms with E-state index in [-0.39, 0.29) is 6.04 Å². The van der Waals surface area contributed by atoms with Gasteiger partial charge < -0.3 is 15.5 Å². The van der Waals surface area contributed by atoms with Gasteiger partial charge in [0.15, 0.2) is 0 Å². The normalized spacial score (nSPS) is 17.0. The molecule has 2 rings (SSSR count). The molecule has 0 saturated heterocycles. The summed E-state index contributed by atoms with van der Waals surface area (Å²) in [6, 6.07) is 1.44. The van der Waals surface area contributed by atoms with Crippen molar-refractivity contribution in [2.45, 2.75) is 49.8 Å². The molecule has 12 heteroatoms. The molecule has 0 bridgehead atoms. The topological polar surface area (TPSA) is 182 Å². The van der Waals surface area contributed by atoms with Crippen molar-refractivity contribution in [3.8, 4) is 5.75 Å². The number of hydrogen-bond acceptors (Lipinski definition) is 9. The molecule has 0 unspecified atom stereocenters. The Morgan fingerprint density at radius 1 is 0.917 bits per heavy atom. The van der Waals surface area contributed by atoms with E-state index in [1.54, 1.807) is 12.2 Å². The van der Waals surface area contributed by atoms with Crippen molar-refractivity contribution in [2.24, 2.45) is 0 Å². The molecule has 1 aliphatic heterocycles. The molecule has 0 amide bonds. The van der Waals surface area contributed by atoms with Crippen molar-refractivity contribution >= 4 is 17.1 Å². The highest BCUT2D eigenvalue weighted by Crippen LogP contribution is 2.39. The predicted octanol–water partition coefficient (Wildman–Crippen LogP) is 4.80. The second kappa shape index (κ2) is 13.7. The maximum absolute atomic E-state index is 10.9. The fraction of sp³-hybridized carbons (Fsp3) is 0.333. The molecule has 12 nitrogen and oxygen atoms in total. The summed E-state index contributed by atoms with van der Waals surface area (Å²) in [6.45, 7) is 15.1. The molecule has 1 aromatic rings. The third-order valence-electron chi connectivity index (χ3n) is 5.41. The lowest BCUT2D eigenvalue weighted by atomic mass is 9.79. The quantitative estimate of drug-likeness (QED) is 0.205. The molecule has 2 atom stereocenters. The summed E-state index contributed by atoms with van der Waals surface area (Å²) in [5, 5.41) is 54.7. The van der Waals surface area contributed by atoms with Gasteiger partial charge in [-0.25, -0.2) is 0 Å². The summed E-state index contributed by atoms with van der Waals surface area (Å²) >= 11 is 0. The standard InChI is InChI=1S/C18H27NO.C6H3N3O7/c1-5-9-16-13-15(14-17(19-16)10-6-2)18(20,11-7-3)12-8-4;10-6-4(8(13)14)1-3(7(11)12)2-5(6)9(15)16/h5-8,13,16-17,19-20H,1-4,9-12,14H2;1-2,10H/t16-,17+;/m1./s1. The Kier molecular flexibility index (Phi) is 11.3. The lowest BCUT2D eigenvalue weighted by Gasteiger charge is -2.37. The van der Waals surface area contributed by atoms with E-state index in [4.69, 9.17) is 5.11 Å². The van der Waals surface area contributed by atoms with Crippen molar-refractivity contribution in [3.63, 3.8) is 0 Å². The molecule has 0 aromatic heterocycles. The highest BCUT2D eigenvalue weighted by Gasteiger charge is 2.34. The SMILES string of the molecule is C=CC[C@H]1CC(C(O)(CC=C)CC=C)=C[C@@H](CC=C)N1.O=[N+]([O-])c1cc([N+](=O)[O-])c(O)c([N+](=O)[O-])c1. The minimum absolute atomic E-state index is 0.224. The lowest BCUT2D eigenvalue weighted by molar-refractivity contribution is -0.404. The first-order chi connectivity index (χ1) is 16.9. The van der Waals surface area contributed by atoms with Crippen molar-refractivity contribution in [2.75, 3.05) is 0 Å². The lowest BCUT2D eigenvalue weighted by Crippen LogP contribution is -2.45. The minimum atomic E-state index is -1.21. The molecule has 1 aromatic carbocycles. The zero-order valence-corrected chi connectivity index (χ0v) is 19.7. The average molecular weight is 503 g/mol. The Bertz CT molecular complexity index is 1020. The predicted molar refractivity (Wildman–Crippen MR) is 136 cm³/mol. The van der Waals surface area contributed by atoms with Crippen LogP contribution in [0.5, 0.6) is 5.75 Å². The van der Waals surface area contributed by atoms with Crippen molar-refractivity contribution in [3.05, 3.63) is 105 Å². The Balaban J connectivity index is 0.000000369. The number of benzene rings is 1. The molecule has 0 fully saturated rings. The largest absolute Gasteiger partial charge is 0.497 e. The summed E-state index contributed by atoms with van der Waals surface area (Å²) in [5.41, 5.74) is -2.78. The third-order valence-corrected chi connectivity index (χ3v) is 5.41. The number of nitrogens with one attached hydrogen (secondary N) is 1. The Morgan fingerprint density at radius 3 is 1.81 bits per heavy atom. The van der Waals surface area contributed by atoms with E-state index in [0.717, 1.165) is 24.8 Å². The number of nitro groups is 3. The minimum Gasteiger partial charge on any atom is -0.497 e. The van der Waals surface area contributed by atoms with E-state index in [9.17, 15) is 35.4 Å². The van der Waals surface area contributed by atoms with Crippen LogP contribution in [0.4, 0.5) is 17.1 Å². The second-order valence-corrected chi connectivity index (χ2v) is 8.04. The van der Waals surface area contributed by atoms with E-state index in [1.165, 1.54) is 0 Å². The summed E-state index contributed by atoms with van der Waals surface area (Å²) in [7, 11) is 0. The maximum Gasteiger partial charge on any atom is 0.324 e. The fourth-order valence-corrected chi connectivity index (χ4v) is 3.80. The van der Waals surface area contributed by atoms with Crippen LogP contribution in [0.2, 0.25) is 0 Å². The van der Waals surface area contributed by atoms with Crippen LogP contribution in [0.15, 0.2) is 74.4 Å². The molecular formula is C24H30N4O8. The van der Waals surface area contributed by atoms with Crippen LogP contribution in [-0.4, -0.2) is 42.7 Å². The van der Waals surface area contributed by atoms with Crippen LogP contribution in [0.1, 0.15) is 32.1 Å². The summed E-state index contributed by atoms with van der Waals surface area (Å²) in [4.78, 5) is 27.8. The van der Waals surface area contributed by atoms with E-state index in [2.05, 4.69) is 37.7 Å². The van der Waals surface area contributed by atoms with Gasteiger partial charge in [0.05, 0.1) is 32.5 Å². The monoisotopic (exact) mass is 502 g/mol. The third kappa shape index (κ3) is 7.96.